The van der Waals surface area contributed by atoms with Gasteiger partial charge in [-0.15, -0.1) is 0 Å². The van der Waals surface area contributed by atoms with Gasteiger partial charge in [-0.05, 0) is 30.2 Å². The molecule has 0 aliphatic heterocycles. The van der Waals surface area contributed by atoms with Crippen molar-refractivity contribution in [2.75, 3.05) is 7.11 Å². The second-order valence-corrected chi connectivity index (χ2v) is 6.21. The molecule has 7 heteroatoms. The fraction of sp³-hybridized carbons (Fsp3) is 0.462. The van der Waals surface area contributed by atoms with Gasteiger partial charge in [0.25, 0.3) is 0 Å². The third-order valence-corrected chi connectivity index (χ3v) is 4.59. The number of nitrogens with one attached hydrogen (secondary N) is 1. The summed E-state index contributed by atoms with van der Waals surface area (Å²) in [5.74, 6) is -0.961. The second kappa shape index (κ2) is 6.71. The molecular weight excluding hydrogens is 282 g/mol. The highest BCUT2D eigenvalue weighted by molar-refractivity contribution is 7.89. The quantitative estimate of drug-likeness (QED) is 0.795. The minimum atomic E-state index is -3.87. The Hall–Kier alpha value is -1.60. The molecule has 0 radical (unpaired) electrons. The molecule has 0 bridgehead atoms. The summed E-state index contributed by atoms with van der Waals surface area (Å²) >= 11 is 0. The lowest BCUT2D eigenvalue weighted by molar-refractivity contribution is -0.140. The summed E-state index contributed by atoms with van der Waals surface area (Å²) in [6, 6.07) is 4.61. The van der Waals surface area contributed by atoms with Gasteiger partial charge < -0.3 is 9.84 Å². The van der Waals surface area contributed by atoms with Gasteiger partial charge in [-0.3, -0.25) is 4.79 Å². The summed E-state index contributed by atoms with van der Waals surface area (Å²) in [6.07, 6.45) is 0.558. The van der Waals surface area contributed by atoms with E-state index in [1.54, 1.807) is 6.92 Å². The SMILES string of the molecule is CC[C@@H](C)[C@H](NS(=O)(=O)c1ccc(OC)cc1)C(=O)O. The first-order valence-electron chi connectivity index (χ1n) is 6.21. The molecular formula is C13H19NO5S. The molecule has 0 aromatic heterocycles. The molecule has 0 saturated heterocycles. The number of benzene rings is 1. The van der Waals surface area contributed by atoms with Crippen LogP contribution in [-0.2, 0) is 14.8 Å². The summed E-state index contributed by atoms with van der Waals surface area (Å²) in [7, 11) is -2.39. The molecule has 0 heterocycles. The number of hydrogen-bond acceptors (Lipinski definition) is 4. The fourth-order valence-corrected chi connectivity index (χ4v) is 2.93. The lowest BCUT2D eigenvalue weighted by atomic mass is 10.0. The van der Waals surface area contributed by atoms with Gasteiger partial charge in [0.1, 0.15) is 11.8 Å². The van der Waals surface area contributed by atoms with Crippen LogP contribution in [0.2, 0.25) is 0 Å². The molecule has 0 amide bonds. The van der Waals surface area contributed by atoms with Crippen molar-refractivity contribution in [3.63, 3.8) is 0 Å². The average molecular weight is 301 g/mol. The van der Waals surface area contributed by atoms with Gasteiger partial charge in [-0.2, -0.15) is 4.72 Å². The highest BCUT2D eigenvalue weighted by Gasteiger charge is 2.29. The monoisotopic (exact) mass is 301 g/mol. The first kappa shape index (κ1) is 16.5. The van der Waals surface area contributed by atoms with Crippen molar-refractivity contribution >= 4 is 16.0 Å². The van der Waals surface area contributed by atoms with E-state index in [1.165, 1.54) is 31.4 Å². The lowest BCUT2D eigenvalue weighted by Crippen LogP contribution is -2.44. The summed E-state index contributed by atoms with van der Waals surface area (Å²) in [5, 5.41) is 9.12. The Morgan fingerprint density at radius 3 is 2.30 bits per heavy atom. The topological polar surface area (TPSA) is 92.7 Å². The minimum Gasteiger partial charge on any atom is -0.497 e. The van der Waals surface area contributed by atoms with E-state index in [4.69, 9.17) is 9.84 Å². The van der Waals surface area contributed by atoms with E-state index in [1.807, 2.05) is 6.92 Å². The molecule has 0 aliphatic carbocycles. The molecule has 0 spiro atoms. The third kappa shape index (κ3) is 3.94. The Balaban J connectivity index is 3.00. The maximum absolute atomic E-state index is 12.2. The van der Waals surface area contributed by atoms with E-state index in [2.05, 4.69) is 4.72 Å². The largest absolute Gasteiger partial charge is 0.497 e. The number of hydrogen-bond donors (Lipinski definition) is 2. The predicted octanol–water partition coefficient (Wildman–Crippen LogP) is 1.47. The highest BCUT2D eigenvalue weighted by Crippen LogP contribution is 2.17. The van der Waals surface area contributed by atoms with Crippen LogP contribution in [0.5, 0.6) is 5.75 Å². The number of carbonyl (C=O) groups is 1. The molecule has 0 unspecified atom stereocenters. The zero-order valence-corrected chi connectivity index (χ0v) is 12.5. The van der Waals surface area contributed by atoms with Gasteiger partial charge >= 0.3 is 5.97 Å². The molecule has 2 N–H and O–H groups in total. The number of carboxylic acid groups (broad SMARTS) is 1. The van der Waals surface area contributed by atoms with Crippen LogP contribution >= 0.6 is 0 Å². The Bertz CT molecular complexity index is 553. The van der Waals surface area contributed by atoms with E-state index in [0.29, 0.717) is 12.2 Å². The van der Waals surface area contributed by atoms with Gasteiger partial charge in [0, 0.05) is 0 Å². The van der Waals surface area contributed by atoms with Crippen molar-refractivity contribution in [1.29, 1.82) is 0 Å². The van der Waals surface area contributed by atoms with Crippen LogP contribution in [0.1, 0.15) is 20.3 Å². The van der Waals surface area contributed by atoms with Crippen molar-refractivity contribution in [2.45, 2.75) is 31.2 Å². The Morgan fingerprint density at radius 1 is 1.35 bits per heavy atom. The number of aliphatic carboxylic acids is 1. The van der Waals surface area contributed by atoms with E-state index in [0.717, 1.165) is 0 Å². The van der Waals surface area contributed by atoms with Gasteiger partial charge in [0.05, 0.1) is 12.0 Å². The van der Waals surface area contributed by atoms with Crippen LogP contribution in [0.3, 0.4) is 0 Å². The van der Waals surface area contributed by atoms with Crippen molar-refractivity contribution in [3.05, 3.63) is 24.3 Å². The Labute approximate surface area is 118 Å². The first-order chi connectivity index (χ1) is 9.31. The summed E-state index contributed by atoms with van der Waals surface area (Å²) in [4.78, 5) is 11.2. The van der Waals surface area contributed by atoms with Crippen LogP contribution in [0.25, 0.3) is 0 Å². The molecule has 1 aromatic carbocycles. The highest BCUT2D eigenvalue weighted by atomic mass is 32.2. The standard InChI is InChI=1S/C13H19NO5S/c1-4-9(2)12(13(15)16)14-20(17,18)11-7-5-10(19-3)6-8-11/h5-9,12,14H,4H2,1-3H3,(H,15,16)/t9-,12+/m1/s1. The molecule has 0 aliphatic rings. The number of rotatable bonds is 7. The van der Waals surface area contributed by atoms with Crippen LogP contribution in [0, 0.1) is 5.92 Å². The van der Waals surface area contributed by atoms with Crippen LogP contribution in [-0.4, -0.2) is 32.6 Å². The molecule has 0 fully saturated rings. The van der Waals surface area contributed by atoms with Crippen molar-refractivity contribution in [2.24, 2.45) is 5.92 Å². The van der Waals surface area contributed by atoms with E-state index in [-0.39, 0.29) is 10.8 Å². The minimum absolute atomic E-state index is 0.00727. The first-order valence-corrected chi connectivity index (χ1v) is 7.69. The van der Waals surface area contributed by atoms with Crippen LogP contribution in [0.4, 0.5) is 0 Å². The van der Waals surface area contributed by atoms with Crippen molar-refractivity contribution in [3.8, 4) is 5.75 Å². The molecule has 2 atom stereocenters. The summed E-state index contributed by atoms with van der Waals surface area (Å²) in [5.41, 5.74) is 0. The summed E-state index contributed by atoms with van der Waals surface area (Å²) in [6.45, 7) is 3.50. The molecule has 0 saturated carbocycles. The zero-order chi connectivity index (χ0) is 15.3. The Kier molecular flexibility index (Phi) is 5.52. The molecule has 6 nitrogen and oxygen atoms in total. The summed E-state index contributed by atoms with van der Waals surface area (Å²) < 4.78 is 31.5. The Morgan fingerprint density at radius 2 is 1.90 bits per heavy atom. The third-order valence-electron chi connectivity index (χ3n) is 3.13. The van der Waals surface area contributed by atoms with Gasteiger partial charge in [-0.1, -0.05) is 20.3 Å². The maximum Gasteiger partial charge on any atom is 0.322 e. The van der Waals surface area contributed by atoms with Gasteiger partial charge in [-0.25, -0.2) is 8.42 Å². The number of ether oxygens (including phenoxy) is 1. The number of sulfonamides is 1. The van der Waals surface area contributed by atoms with Crippen LogP contribution < -0.4 is 9.46 Å². The van der Waals surface area contributed by atoms with Crippen molar-refractivity contribution in [1.82, 2.24) is 4.72 Å². The van der Waals surface area contributed by atoms with E-state index >= 15 is 0 Å². The van der Waals surface area contributed by atoms with Crippen LogP contribution in [0.15, 0.2) is 29.2 Å². The van der Waals surface area contributed by atoms with E-state index < -0.39 is 22.0 Å². The number of carboxylic acids is 1. The van der Waals surface area contributed by atoms with Crippen molar-refractivity contribution < 1.29 is 23.1 Å². The predicted molar refractivity (Wildman–Crippen MR) is 74.2 cm³/mol. The lowest BCUT2D eigenvalue weighted by Gasteiger charge is -2.20. The van der Waals surface area contributed by atoms with Gasteiger partial charge in [0.15, 0.2) is 0 Å². The molecule has 1 aromatic rings. The average Bonchev–Trinajstić information content (AvgIpc) is 2.43. The molecule has 112 valence electrons. The van der Waals surface area contributed by atoms with Gasteiger partial charge in [0.2, 0.25) is 10.0 Å². The zero-order valence-electron chi connectivity index (χ0n) is 11.7. The maximum atomic E-state index is 12.2. The molecule has 1 rings (SSSR count). The smallest absolute Gasteiger partial charge is 0.322 e. The second-order valence-electron chi connectivity index (χ2n) is 4.50. The molecule has 20 heavy (non-hydrogen) atoms. The fourth-order valence-electron chi connectivity index (χ4n) is 1.64. The normalized spacial score (nSPS) is 14.6. The number of methoxy groups -OCH3 is 1. The van der Waals surface area contributed by atoms with E-state index in [9.17, 15) is 13.2 Å².